The Morgan fingerprint density at radius 3 is 3.05 bits per heavy atom. The third-order valence-corrected chi connectivity index (χ3v) is 5.79. The molecule has 106 valence electrons. The minimum atomic E-state index is 0.0963. The lowest BCUT2D eigenvalue weighted by atomic mass is 10.2. The van der Waals surface area contributed by atoms with Crippen molar-refractivity contribution < 1.29 is 9.53 Å². The Labute approximate surface area is 123 Å². The Morgan fingerprint density at radius 2 is 2.37 bits per heavy atom. The number of rotatable bonds is 5. The zero-order valence-electron chi connectivity index (χ0n) is 11.7. The van der Waals surface area contributed by atoms with Crippen molar-refractivity contribution in [1.29, 1.82) is 0 Å². The van der Waals surface area contributed by atoms with Gasteiger partial charge in [0.05, 0.1) is 7.11 Å². The fraction of sp³-hybridized carbons (Fsp3) is 0.643. The Bertz CT molecular complexity index is 433. The molecule has 1 aromatic heterocycles. The van der Waals surface area contributed by atoms with Crippen molar-refractivity contribution in [2.24, 2.45) is 0 Å². The summed E-state index contributed by atoms with van der Waals surface area (Å²) in [5.41, 5.74) is 0. The molecule has 0 aliphatic heterocycles. The third-order valence-electron chi connectivity index (χ3n) is 3.67. The van der Waals surface area contributed by atoms with Crippen LogP contribution in [0.5, 0.6) is 5.75 Å². The summed E-state index contributed by atoms with van der Waals surface area (Å²) in [6, 6.07) is 2.24. The Hall–Kier alpha value is -0.680. The first-order valence-electron chi connectivity index (χ1n) is 6.67. The van der Waals surface area contributed by atoms with E-state index in [1.807, 2.05) is 35.2 Å². The van der Waals surface area contributed by atoms with E-state index in [1.165, 1.54) is 17.8 Å². The summed E-state index contributed by atoms with van der Waals surface area (Å²) < 4.78 is 5.24. The van der Waals surface area contributed by atoms with Crippen LogP contribution in [0.25, 0.3) is 0 Å². The molecule has 1 saturated carbocycles. The predicted molar refractivity (Wildman–Crippen MR) is 82.5 cm³/mol. The lowest BCUT2D eigenvalue weighted by molar-refractivity contribution is 0.0737. The van der Waals surface area contributed by atoms with E-state index in [1.54, 1.807) is 7.11 Å². The maximum absolute atomic E-state index is 12.5. The van der Waals surface area contributed by atoms with Crippen LogP contribution in [0.15, 0.2) is 11.4 Å². The smallest absolute Gasteiger partial charge is 0.267 e. The van der Waals surface area contributed by atoms with Gasteiger partial charge >= 0.3 is 0 Å². The molecule has 5 heteroatoms. The molecule has 19 heavy (non-hydrogen) atoms. The number of methoxy groups -OCH3 is 1. The molecule has 0 bridgehead atoms. The Balaban J connectivity index is 2.00. The molecular formula is C14H21NO2S2. The van der Waals surface area contributed by atoms with E-state index in [2.05, 4.69) is 6.92 Å². The normalized spacial score (nSPS) is 22.5. The van der Waals surface area contributed by atoms with Crippen molar-refractivity contribution in [3.63, 3.8) is 0 Å². The maximum atomic E-state index is 12.5. The van der Waals surface area contributed by atoms with Crippen molar-refractivity contribution >= 4 is 29.0 Å². The van der Waals surface area contributed by atoms with Crippen LogP contribution in [0.3, 0.4) is 0 Å². The molecule has 1 amide bonds. The molecule has 0 aromatic carbocycles. The minimum Gasteiger partial charge on any atom is -0.495 e. The van der Waals surface area contributed by atoms with E-state index in [0.29, 0.717) is 11.8 Å². The summed E-state index contributed by atoms with van der Waals surface area (Å²) in [5, 5.41) is 2.63. The second-order valence-corrected chi connectivity index (χ2v) is 7.27. The lowest BCUT2D eigenvalue weighted by Gasteiger charge is -2.24. The summed E-state index contributed by atoms with van der Waals surface area (Å²) in [6.45, 7) is 2.20. The summed E-state index contributed by atoms with van der Waals surface area (Å²) >= 11 is 3.48. The number of hydrogen-bond donors (Lipinski definition) is 0. The van der Waals surface area contributed by atoms with Gasteiger partial charge in [-0.3, -0.25) is 4.79 Å². The van der Waals surface area contributed by atoms with Gasteiger partial charge in [0, 0.05) is 18.3 Å². The first-order chi connectivity index (χ1) is 9.17. The fourth-order valence-electron chi connectivity index (χ4n) is 2.60. The number of nitrogens with zero attached hydrogens (tertiary/aromatic N) is 1. The highest BCUT2D eigenvalue weighted by molar-refractivity contribution is 7.99. The molecule has 2 unspecified atom stereocenters. The number of thioether (sulfide) groups is 1. The third kappa shape index (κ3) is 3.26. The molecule has 0 spiro atoms. The van der Waals surface area contributed by atoms with E-state index in [-0.39, 0.29) is 5.91 Å². The summed E-state index contributed by atoms with van der Waals surface area (Å²) in [6.07, 6.45) is 3.46. The predicted octanol–water partition coefficient (Wildman–Crippen LogP) is 3.50. The van der Waals surface area contributed by atoms with Crippen molar-refractivity contribution in [3.8, 4) is 5.75 Å². The SMILES string of the molecule is CCSC1CCC(N(C)C(=O)c2sccc2OC)C1. The van der Waals surface area contributed by atoms with Gasteiger partial charge in [0.25, 0.3) is 5.91 Å². The van der Waals surface area contributed by atoms with Gasteiger partial charge in [-0.15, -0.1) is 11.3 Å². The first-order valence-corrected chi connectivity index (χ1v) is 8.60. The minimum absolute atomic E-state index is 0.0963. The van der Waals surface area contributed by atoms with Crippen LogP contribution in [0, 0.1) is 0 Å². The molecule has 1 aliphatic carbocycles. The van der Waals surface area contributed by atoms with E-state index >= 15 is 0 Å². The second kappa shape index (κ2) is 6.66. The molecule has 0 saturated heterocycles. The number of ether oxygens (including phenoxy) is 1. The summed E-state index contributed by atoms with van der Waals surface area (Å²) in [5.74, 6) is 1.95. The zero-order valence-corrected chi connectivity index (χ0v) is 13.4. The van der Waals surface area contributed by atoms with Crippen molar-refractivity contribution in [1.82, 2.24) is 4.90 Å². The second-order valence-electron chi connectivity index (χ2n) is 4.78. The van der Waals surface area contributed by atoms with Crippen molar-refractivity contribution in [3.05, 3.63) is 16.3 Å². The molecular weight excluding hydrogens is 278 g/mol. The number of carbonyl (C=O) groups is 1. The standard InChI is InChI=1S/C14H21NO2S2/c1-4-18-11-6-5-10(9-11)15(2)14(16)13-12(17-3)7-8-19-13/h7-8,10-11H,4-6,9H2,1-3H3. The van der Waals surface area contributed by atoms with E-state index in [4.69, 9.17) is 4.74 Å². The summed E-state index contributed by atoms with van der Waals surface area (Å²) in [4.78, 5) is 15.1. The van der Waals surface area contributed by atoms with Gasteiger partial charge in [-0.05, 0) is 36.5 Å². The van der Waals surface area contributed by atoms with Crippen LogP contribution in [0.4, 0.5) is 0 Å². The van der Waals surface area contributed by atoms with Crippen molar-refractivity contribution in [2.75, 3.05) is 19.9 Å². The van der Waals surface area contributed by atoms with Crippen LogP contribution in [0.2, 0.25) is 0 Å². The van der Waals surface area contributed by atoms with Crippen LogP contribution in [-0.2, 0) is 0 Å². The van der Waals surface area contributed by atoms with Gasteiger partial charge in [-0.1, -0.05) is 6.92 Å². The van der Waals surface area contributed by atoms with E-state index in [9.17, 15) is 4.79 Å². The highest BCUT2D eigenvalue weighted by Crippen LogP contribution is 2.34. The molecule has 2 atom stereocenters. The van der Waals surface area contributed by atoms with Crippen LogP contribution in [-0.4, -0.2) is 42.0 Å². The quantitative estimate of drug-likeness (QED) is 0.833. The van der Waals surface area contributed by atoms with E-state index in [0.717, 1.165) is 28.7 Å². The molecule has 0 radical (unpaired) electrons. The maximum Gasteiger partial charge on any atom is 0.267 e. The number of hydrogen-bond acceptors (Lipinski definition) is 4. The van der Waals surface area contributed by atoms with Gasteiger partial charge < -0.3 is 9.64 Å². The molecule has 1 aliphatic rings. The Kier molecular flexibility index (Phi) is 5.16. The molecule has 1 aromatic rings. The van der Waals surface area contributed by atoms with Crippen LogP contribution < -0.4 is 4.74 Å². The van der Waals surface area contributed by atoms with Gasteiger partial charge in [-0.2, -0.15) is 11.8 Å². The molecule has 1 fully saturated rings. The van der Waals surface area contributed by atoms with Crippen LogP contribution in [0.1, 0.15) is 35.9 Å². The average Bonchev–Trinajstić information content (AvgIpc) is 3.05. The monoisotopic (exact) mass is 299 g/mol. The highest BCUT2D eigenvalue weighted by atomic mass is 32.2. The summed E-state index contributed by atoms with van der Waals surface area (Å²) in [7, 11) is 3.54. The first kappa shape index (κ1) is 14.7. The fourth-order valence-corrected chi connectivity index (χ4v) is 4.57. The van der Waals surface area contributed by atoms with Gasteiger partial charge in [0.1, 0.15) is 10.6 Å². The topological polar surface area (TPSA) is 29.5 Å². The van der Waals surface area contributed by atoms with Gasteiger partial charge in [0.2, 0.25) is 0 Å². The molecule has 1 heterocycles. The molecule has 0 N–H and O–H groups in total. The number of amides is 1. The zero-order chi connectivity index (χ0) is 13.8. The van der Waals surface area contributed by atoms with Crippen LogP contribution >= 0.6 is 23.1 Å². The molecule has 2 rings (SSSR count). The number of carbonyl (C=O) groups excluding carboxylic acids is 1. The van der Waals surface area contributed by atoms with Gasteiger partial charge in [0.15, 0.2) is 0 Å². The van der Waals surface area contributed by atoms with E-state index < -0.39 is 0 Å². The van der Waals surface area contributed by atoms with Crippen molar-refractivity contribution in [2.45, 2.75) is 37.5 Å². The number of thiophene rings is 1. The lowest BCUT2D eigenvalue weighted by Crippen LogP contribution is -2.35. The Morgan fingerprint density at radius 1 is 1.58 bits per heavy atom. The van der Waals surface area contributed by atoms with Gasteiger partial charge in [-0.25, -0.2) is 0 Å². The highest BCUT2D eigenvalue weighted by Gasteiger charge is 2.31. The molecule has 3 nitrogen and oxygen atoms in total. The average molecular weight is 299 g/mol. The largest absolute Gasteiger partial charge is 0.495 e.